The highest BCUT2D eigenvalue weighted by Gasteiger charge is 2.61. The molecule has 4 aliphatic carbocycles. The molecule has 7 nitrogen and oxygen atoms in total. The van der Waals surface area contributed by atoms with Gasteiger partial charge in [0, 0.05) is 11.6 Å². The van der Waals surface area contributed by atoms with Crippen molar-refractivity contribution in [3.05, 3.63) is 30.2 Å². The molecule has 7 heteroatoms. The highest BCUT2D eigenvalue weighted by molar-refractivity contribution is 5.93. The molecule has 1 N–H and O–H groups in total. The van der Waals surface area contributed by atoms with Gasteiger partial charge in [-0.05, 0) is 62.5 Å². The van der Waals surface area contributed by atoms with Crippen LogP contribution in [0.25, 0.3) is 11.5 Å². The van der Waals surface area contributed by atoms with Crippen molar-refractivity contribution in [2.24, 2.45) is 17.3 Å². The summed E-state index contributed by atoms with van der Waals surface area (Å²) >= 11 is 0. The third-order valence-electron chi connectivity index (χ3n) is 6.57. The molecule has 4 saturated carbocycles. The average molecular weight is 370 g/mol. The number of amides is 1. The lowest BCUT2D eigenvalue weighted by atomic mass is 9.47. The molecule has 0 aliphatic heterocycles. The fraction of sp³-hybridized carbons (Fsp3) is 0.550. The second kappa shape index (κ2) is 5.71. The number of hydrogen-bond acceptors (Lipinski definition) is 6. The molecule has 0 aromatic carbocycles. The third-order valence-corrected chi connectivity index (χ3v) is 6.57. The monoisotopic (exact) mass is 370 g/mol. The van der Waals surface area contributed by atoms with Gasteiger partial charge in [-0.15, -0.1) is 0 Å². The summed E-state index contributed by atoms with van der Waals surface area (Å²) in [6.45, 7) is 0. The fourth-order valence-electron chi connectivity index (χ4n) is 6.09. The highest BCUT2D eigenvalue weighted by Crippen LogP contribution is 2.62. The molecule has 0 spiro atoms. The molecular weight excluding hydrogens is 348 g/mol. The molecule has 2 heterocycles. The van der Waals surface area contributed by atoms with E-state index in [1.807, 2.05) is 0 Å². The van der Waals surface area contributed by atoms with E-state index in [1.54, 1.807) is 24.5 Å². The molecule has 2 atom stereocenters. The lowest BCUT2D eigenvalue weighted by Crippen LogP contribution is -2.64. The summed E-state index contributed by atoms with van der Waals surface area (Å²) in [4.78, 5) is 25.4. The number of furan rings is 1. The maximum Gasteiger partial charge on any atom is 0.311 e. The van der Waals surface area contributed by atoms with Crippen LogP contribution in [-0.4, -0.2) is 29.7 Å². The first kappa shape index (κ1) is 16.6. The van der Waals surface area contributed by atoms with Crippen LogP contribution in [0.1, 0.15) is 49.0 Å². The van der Waals surface area contributed by atoms with Crippen LogP contribution in [0, 0.1) is 17.3 Å². The minimum absolute atomic E-state index is 0.128. The highest BCUT2D eigenvalue weighted by atomic mass is 16.5. The SMILES string of the molecule is COC(=O)C12CC3CC(CC(NC(=O)c4cc(-c5ccco5)on4)(C3)C1)C2. The van der Waals surface area contributed by atoms with Crippen LogP contribution in [0.4, 0.5) is 0 Å². The van der Waals surface area contributed by atoms with Crippen molar-refractivity contribution in [1.82, 2.24) is 10.5 Å². The number of methoxy groups -OCH3 is 1. The van der Waals surface area contributed by atoms with Gasteiger partial charge in [0.25, 0.3) is 5.91 Å². The number of carbonyl (C=O) groups excluding carboxylic acids is 2. The lowest BCUT2D eigenvalue weighted by molar-refractivity contribution is -0.171. The molecule has 0 radical (unpaired) electrons. The molecule has 2 aromatic rings. The van der Waals surface area contributed by atoms with Gasteiger partial charge < -0.3 is 19.0 Å². The zero-order valence-corrected chi connectivity index (χ0v) is 15.2. The Bertz CT molecular complexity index is 870. The van der Waals surface area contributed by atoms with E-state index < -0.39 is 5.41 Å². The Morgan fingerprint density at radius 3 is 2.67 bits per heavy atom. The molecule has 2 aromatic heterocycles. The first-order chi connectivity index (χ1) is 13.0. The van der Waals surface area contributed by atoms with Gasteiger partial charge in [-0.1, -0.05) is 5.16 Å². The summed E-state index contributed by atoms with van der Waals surface area (Å²) in [6, 6.07) is 5.09. The van der Waals surface area contributed by atoms with Gasteiger partial charge in [-0.3, -0.25) is 9.59 Å². The van der Waals surface area contributed by atoms with Crippen molar-refractivity contribution in [2.75, 3.05) is 7.11 Å². The summed E-state index contributed by atoms with van der Waals surface area (Å²) < 4.78 is 15.7. The van der Waals surface area contributed by atoms with Crippen molar-refractivity contribution in [2.45, 2.75) is 44.1 Å². The van der Waals surface area contributed by atoms with E-state index in [9.17, 15) is 9.59 Å². The van der Waals surface area contributed by atoms with E-state index in [-0.39, 0.29) is 23.1 Å². The summed E-state index contributed by atoms with van der Waals surface area (Å²) in [7, 11) is 1.46. The zero-order valence-electron chi connectivity index (χ0n) is 15.2. The normalized spacial score (nSPS) is 33.8. The van der Waals surface area contributed by atoms with Crippen LogP contribution in [0.3, 0.4) is 0 Å². The van der Waals surface area contributed by atoms with Gasteiger partial charge in [0.2, 0.25) is 5.76 Å². The second-order valence-electron chi connectivity index (χ2n) is 8.52. The molecule has 4 aliphatic rings. The predicted octanol–water partition coefficient (Wildman–Crippen LogP) is 3.18. The Morgan fingerprint density at radius 2 is 2.00 bits per heavy atom. The van der Waals surface area contributed by atoms with Crippen LogP contribution in [0.15, 0.2) is 33.4 Å². The van der Waals surface area contributed by atoms with Crippen LogP contribution >= 0.6 is 0 Å². The summed E-state index contributed by atoms with van der Waals surface area (Å²) in [5.74, 6) is 1.47. The van der Waals surface area contributed by atoms with Gasteiger partial charge in [-0.2, -0.15) is 0 Å². The van der Waals surface area contributed by atoms with E-state index in [4.69, 9.17) is 13.7 Å². The Hall–Kier alpha value is -2.57. The van der Waals surface area contributed by atoms with Crippen LogP contribution in [-0.2, 0) is 9.53 Å². The number of nitrogens with one attached hydrogen (secondary N) is 1. The summed E-state index contributed by atoms with van der Waals surface area (Å²) in [6.07, 6.45) is 6.91. The molecule has 142 valence electrons. The van der Waals surface area contributed by atoms with Crippen LogP contribution in [0.2, 0.25) is 0 Å². The first-order valence-electron chi connectivity index (χ1n) is 9.42. The first-order valence-corrected chi connectivity index (χ1v) is 9.42. The molecular formula is C20H22N2O5. The van der Waals surface area contributed by atoms with Gasteiger partial charge in [-0.25, -0.2) is 0 Å². The molecule has 4 bridgehead atoms. The third kappa shape index (κ3) is 2.59. The number of carbonyl (C=O) groups is 2. The number of esters is 1. The Labute approximate surface area is 156 Å². The van der Waals surface area contributed by atoms with Crippen LogP contribution in [0.5, 0.6) is 0 Å². The smallest absolute Gasteiger partial charge is 0.311 e. The summed E-state index contributed by atoms with van der Waals surface area (Å²) in [5.41, 5.74) is -0.585. The van der Waals surface area contributed by atoms with E-state index >= 15 is 0 Å². The Balaban J connectivity index is 1.39. The minimum Gasteiger partial charge on any atom is -0.469 e. The Kier molecular flexibility index (Phi) is 3.51. The summed E-state index contributed by atoms with van der Waals surface area (Å²) in [5, 5.41) is 7.10. The number of ether oxygens (including phenoxy) is 1. The number of nitrogens with zero attached hydrogens (tertiary/aromatic N) is 1. The number of aromatic nitrogens is 1. The van der Waals surface area contributed by atoms with E-state index in [0.717, 1.165) is 32.1 Å². The molecule has 1 amide bonds. The average Bonchev–Trinajstić information content (AvgIpc) is 3.30. The van der Waals surface area contributed by atoms with Gasteiger partial charge in [0.1, 0.15) is 0 Å². The predicted molar refractivity (Wildman–Crippen MR) is 93.5 cm³/mol. The van der Waals surface area contributed by atoms with E-state index in [0.29, 0.717) is 29.8 Å². The standard InChI is InChI=1S/C20H22N2O5/c1-25-18(24)19-7-12-5-13(8-19)10-20(9-12,11-19)21-17(23)14-6-16(27-22-14)15-3-2-4-26-15/h2-4,6,12-13H,5,7-11H2,1H3,(H,21,23). The maximum absolute atomic E-state index is 12.9. The zero-order chi connectivity index (χ0) is 18.6. The van der Waals surface area contributed by atoms with E-state index in [2.05, 4.69) is 10.5 Å². The van der Waals surface area contributed by atoms with Crippen molar-refractivity contribution in [1.29, 1.82) is 0 Å². The largest absolute Gasteiger partial charge is 0.469 e. The number of hydrogen-bond donors (Lipinski definition) is 1. The van der Waals surface area contributed by atoms with Gasteiger partial charge >= 0.3 is 5.97 Å². The van der Waals surface area contributed by atoms with Crippen LogP contribution < -0.4 is 5.32 Å². The Morgan fingerprint density at radius 1 is 1.22 bits per heavy atom. The van der Waals surface area contributed by atoms with E-state index in [1.165, 1.54) is 7.11 Å². The lowest BCUT2D eigenvalue weighted by Gasteiger charge is -2.60. The molecule has 27 heavy (non-hydrogen) atoms. The topological polar surface area (TPSA) is 94.6 Å². The maximum atomic E-state index is 12.9. The minimum atomic E-state index is -0.449. The van der Waals surface area contributed by atoms with Crippen molar-refractivity contribution in [3.63, 3.8) is 0 Å². The van der Waals surface area contributed by atoms with Crippen molar-refractivity contribution < 1.29 is 23.3 Å². The second-order valence-corrected chi connectivity index (χ2v) is 8.52. The molecule has 0 saturated heterocycles. The van der Waals surface area contributed by atoms with Crippen molar-refractivity contribution >= 4 is 11.9 Å². The van der Waals surface area contributed by atoms with Crippen molar-refractivity contribution in [3.8, 4) is 11.5 Å². The van der Waals surface area contributed by atoms with Gasteiger partial charge in [0.05, 0.1) is 18.8 Å². The molecule has 6 rings (SSSR count). The molecule has 4 fully saturated rings. The number of rotatable bonds is 4. The molecule has 2 unspecified atom stereocenters. The van der Waals surface area contributed by atoms with Gasteiger partial charge in [0.15, 0.2) is 11.5 Å². The fourth-order valence-corrected chi connectivity index (χ4v) is 6.09. The quantitative estimate of drug-likeness (QED) is 0.831.